The predicted molar refractivity (Wildman–Crippen MR) is 194 cm³/mol. The molecule has 2 aliphatic heterocycles. The van der Waals surface area contributed by atoms with Gasteiger partial charge in [-0.25, -0.2) is 29.5 Å². The van der Waals surface area contributed by atoms with Crippen molar-refractivity contribution in [2.75, 3.05) is 20.2 Å². The normalized spacial score (nSPS) is 18.3. The maximum absolute atomic E-state index is 13.5. The third kappa shape index (κ3) is 8.00. The van der Waals surface area contributed by atoms with E-state index in [-0.39, 0.29) is 35.7 Å². The van der Waals surface area contributed by atoms with Crippen LogP contribution in [-0.2, 0) is 14.3 Å². The van der Waals surface area contributed by atoms with Gasteiger partial charge in [-0.1, -0.05) is 52.0 Å². The standard InChI is InChI=1S/C37H46N10O6/c1-20(2)29(44-36(50)51)34(48)46-14-6-9-28(46)33-41-19-26(43-33)24-16-38-31(39-17-24)23-12-10-22(11-13-23)25-18-40-32(42-25)27-8-7-15-47(27)35(49)30(21(3)4)45-37(52)53-5/h10-13,16-21,27-30,44H,6-9,14-15H2,1-5H3,(H,40,42)(H,41,43)(H,45,52)(H,50,51)/t27?,28-,29-,30-/m0/s1. The molecule has 0 bridgehead atoms. The molecular formula is C37H46N10O6. The van der Waals surface area contributed by atoms with Crippen LogP contribution in [0, 0.1) is 11.8 Å². The summed E-state index contributed by atoms with van der Waals surface area (Å²) in [6.45, 7) is 8.51. The lowest BCUT2D eigenvalue weighted by Gasteiger charge is -2.30. The van der Waals surface area contributed by atoms with Crippen LogP contribution in [0.5, 0.6) is 0 Å². The van der Waals surface area contributed by atoms with Crippen LogP contribution in [0.4, 0.5) is 9.59 Å². The molecule has 6 rings (SSSR count). The number of carboxylic acid groups (broad SMARTS) is 1. The first-order chi connectivity index (χ1) is 25.4. The summed E-state index contributed by atoms with van der Waals surface area (Å²) < 4.78 is 4.74. The van der Waals surface area contributed by atoms with E-state index < -0.39 is 24.3 Å². The number of aromatic nitrogens is 6. The Labute approximate surface area is 307 Å². The Hall–Kier alpha value is -5.80. The van der Waals surface area contributed by atoms with Gasteiger partial charge < -0.3 is 40.2 Å². The third-order valence-corrected chi connectivity index (χ3v) is 9.91. The Balaban J connectivity index is 1.11. The number of hydrogen-bond donors (Lipinski definition) is 5. The van der Waals surface area contributed by atoms with Gasteiger partial charge in [0.25, 0.3) is 0 Å². The lowest BCUT2D eigenvalue weighted by atomic mass is 10.0. The number of likely N-dealkylation sites (tertiary alicyclic amines) is 2. The van der Waals surface area contributed by atoms with Crippen molar-refractivity contribution in [1.29, 1.82) is 0 Å². The van der Waals surface area contributed by atoms with Crippen LogP contribution in [0.1, 0.15) is 77.1 Å². The SMILES string of the molecule is COC(=O)N[C@H](C(=O)N1CCCC1c1ncc(-c2ccc(-c3ncc(-c4cnc([C@@H]5CCCN5C(=O)[C@@H](NC(=O)O)C(C)C)[nH]4)cn3)cc2)[nH]1)C(C)C. The number of aromatic amines is 2. The number of benzene rings is 1. The van der Waals surface area contributed by atoms with Crippen LogP contribution in [0.25, 0.3) is 33.9 Å². The summed E-state index contributed by atoms with van der Waals surface area (Å²) in [6.07, 6.45) is 8.13. The smallest absolute Gasteiger partial charge is 0.407 e. The second-order valence-electron chi connectivity index (χ2n) is 14.1. The first-order valence-corrected chi connectivity index (χ1v) is 17.9. The van der Waals surface area contributed by atoms with Crippen molar-refractivity contribution in [3.63, 3.8) is 0 Å². The molecule has 5 heterocycles. The zero-order valence-corrected chi connectivity index (χ0v) is 30.5. The van der Waals surface area contributed by atoms with E-state index in [0.717, 1.165) is 48.1 Å². The van der Waals surface area contributed by atoms with Crippen molar-refractivity contribution in [3.8, 4) is 33.9 Å². The van der Waals surface area contributed by atoms with Crippen molar-refractivity contribution >= 4 is 24.0 Å². The molecule has 2 aliphatic rings. The maximum atomic E-state index is 13.5. The molecule has 1 unspecified atom stereocenters. The van der Waals surface area contributed by atoms with Gasteiger partial charge in [-0.3, -0.25) is 9.59 Å². The number of nitrogens with zero attached hydrogens (tertiary/aromatic N) is 6. The number of methoxy groups -OCH3 is 1. The summed E-state index contributed by atoms with van der Waals surface area (Å²) in [5, 5.41) is 14.3. The Morgan fingerprint density at radius 2 is 1.19 bits per heavy atom. The fourth-order valence-electron chi connectivity index (χ4n) is 7.05. The Kier molecular flexibility index (Phi) is 11.0. The van der Waals surface area contributed by atoms with Gasteiger partial charge in [-0.2, -0.15) is 0 Å². The topological polar surface area (TPSA) is 211 Å². The average molecular weight is 727 g/mol. The van der Waals surface area contributed by atoms with Crippen molar-refractivity contribution in [3.05, 3.63) is 60.7 Å². The number of alkyl carbamates (subject to hydrolysis) is 1. The van der Waals surface area contributed by atoms with E-state index in [2.05, 4.69) is 40.5 Å². The van der Waals surface area contributed by atoms with E-state index >= 15 is 0 Å². The number of amides is 4. The highest BCUT2D eigenvalue weighted by atomic mass is 16.5. The Morgan fingerprint density at radius 3 is 1.66 bits per heavy atom. The third-order valence-electron chi connectivity index (χ3n) is 9.91. The minimum absolute atomic E-state index is 0.117. The van der Waals surface area contributed by atoms with Gasteiger partial charge in [-0.05, 0) is 43.1 Å². The summed E-state index contributed by atoms with van der Waals surface area (Å²) in [4.78, 5) is 78.7. The first kappa shape index (κ1) is 37.0. The summed E-state index contributed by atoms with van der Waals surface area (Å²) >= 11 is 0. The van der Waals surface area contributed by atoms with Gasteiger partial charge >= 0.3 is 12.2 Å². The van der Waals surface area contributed by atoms with Gasteiger partial charge in [0.15, 0.2) is 5.82 Å². The zero-order chi connectivity index (χ0) is 37.8. The highest BCUT2D eigenvalue weighted by molar-refractivity contribution is 5.87. The molecule has 3 aromatic heterocycles. The minimum atomic E-state index is -1.23. The molecule has 0 aliphatic carbocycles. The summed E-state index contributed by atoms with van der Waals surface area (Å²) in [7, 11) is 1.28. The number of imidazole rings is 2. The first-order valence-electron chi connectivity index (χ1n) is 17.9. The molecule has 0 spiro atoms. The summed E-state index contributed by atoms with van der Waals surface area (Å²) in [6, 6.07) is 5.74. The summed E-state index contributed by atoms with van der Waals surface area (Å²) in [5.74, 6) is 1.14. The van der Waals surface area contributed by atoms with Gasteiger partial charge in [0, 0.05) is 36.6 Å². The van der Waals surface area contributed by atoms with E-state index in [1.165, 1.54) is 7.11 Å². The second-order valence-corrected chi connectivity index (χ2v) is 14.1. The molecule has 5 N–H and O–H groups in total. The molecule has 16 nitrogen and oxygen atoms in total. The fourth-order valence-corrected chi connectivity index (χ4v) is 7.05. The van der Waals surface area contributed by atoms with E-state index in [4.69, 9.17) is 4.74 Å². The number of carbonyl (C=O) groups excluding carboxylic acids is 3. The van der Waals surface area contributed by atoms with Gasteiger partial charge in [-0.15, -0.1) is 0 Å². The van der Waals surface area contributed by atoms with Crippen molar-refractivity contribution < 1.29 is 29.0 Å². The van der Waals surface area contributed by atoms with E-state index in [1.807, 2.05) is 52.0 Å². The van der Waals surface area contributed by atoms with Crippen molar-refractivity contribution in [2.24, 2.45) is 11.8 Å². The van der Waals surface area contributed by atoms with Crippen LogP contribution in [-0.4, -0.2) is 101 Å². The van der Waals surface area contributed by atoms with Gasteiger partial charge in [0.05, 0.1) is 43.0 Å². The fraction of sp³-hybridized carbons (Fsp3) is 0.459. The lowest BCUT2D eigenvalue weighted by Crippen LogP contribution is -2.51. The molecule has 53 heavy (non-hydrogen) atoms. The lowest BCUT2D eigenvalue weighted by molar-refractivity contribution is -0.136. The van der Waals surface area contributed by atoms with Crippen molar-refractivity contribution in [2.45, 2.75) is 77.5 Å². The molecule has 1 aromatic carbocycles. The number of nitrogens with one attached hydrogen (secondary N) is 4. The van der Waals surface area contributed by atoms with Crippen molar-refractivity contribution in [1.82, 2.24) is 50.3 Å². The monoisotopic (exact) mass is 726 g/mol. The highest BCUT2D eigenvalue weighted by Gasteiger charge is 2.39. The molecule has 4 atom stereocenters. The highest BCUT2D eigenvalue weighted by Crippen LogP contribution is 2.34. The largest absolute Gasteiger partial charge is 0.465 e. The Morgan fingerprint density at radius 1 is 0.717 bits per heavy atom. The van der Waals surface area contributed by atoms with Gasteiger partial charge in [0.2, 0.25) is 11.8 Å². The number of rotatable bonds is 11. The molecule has 0 radical (unpaired) electrons. The molecule has 16 heteroatoms. The summed E-state index contributed by atoms with van der Waals surface area (Å²) in [5.41, 5.74) is 3.99. The molecule has 2 fully saturated rings. The number of ether oxygens (including phenoxy) is 1. The van der Waals surface area contributed by atoms with E-state index in [0.29, 0.717) is 36.3 Å². The number of H-pyrrole nitrogens is 2. The molecular weight excluding hydrogens is 680 g/mol. The minimum Gasteiger partial charge on any atom is -0.465 e. The van der Waals surface area contributed by atoms with E-state index in [9.17, 15) is 24.3 Å². The van der Waals surface area contributed by atoms with Crippen LogP contribution >= 0.6 is 0 Å². The van der Waals surface area contributed by atoms with E-state index in [1.54, 1.807) is 34.6 Å². The predicted octanol–water partition coefficient (Wildman–Crippen LogP) is 4.92. The quantitative estimate of drug-likeness (QED) is 0.141. The van der Waals surface area contributed by atoms with Crippen LogP contribution in [0.15, 0.2) is 49.1 Å². The Bertz CT molecular complexity index is 1920. The molecule has 2 saturated heterocycles. The molecule has 4 aromatic rings. The number of hydrogen-bond acceptors (Lipinski definition) is 9. The van der Waals surface area contributed by atoms with Crippen LogP contribution < -0.4 is 10.6 Å². The second kappa shape index (κ2) is 15.8. The maximum Gasteiger partial charge on any atom is 0.407 e. The van der Waals surface area contributed by atoms with Crippen LogP contribution in [0.3, 0.4) is 0 Å². The number of carbonyl (C=O) groups is 4. The molecule has 0 saturated carbocycles. The molecule has 280 valence electrons. The zero-order valence-electron chi connectivity index (χ0n) is 30.5. The average Bonchev–Trinajstić information content (AvgIpc) is 3.98. The van der Waals surface area contributed by atoms with Crippen LogP contribution in [0.2, 0.25) is 0 Å². The van der Waals surface area contributed by atoms with Gasteiger partial charge in [0.1, 0.15) is 23.7 Å². The molecule has 4 amide bonds.